The predicted molar refractivity (Wildman–Crippen MR) is 82.0 cm³/mol. The normalized spacial score (nSPS) is 13.4. The molecule has 0 aliphatic heterocycles. The van der Waals surface area contributed by atoms with Gasteiger partial charge >= 0.3 is 0 Å². The number of aryl methyl sites for hydroxylation is 1. The molecule has 0 saturated carbocycles. The highest BCUT2D eigenvalue weighted by Gasteiger charge is 2.20. The second kappa shape index (κ2) is 6.99. The topological polar surface area (TPSA) is 54.5 Å². The fourth-order valence-corrected chi connectivity index (χ4v) is 2.47. The molecule has 0 aliphatic rings. The maximum atomic E-state index is 12.3. The Kier molecular flexibility index (Phi) is 5.89. The SMILES string of the molecule is CCc1ccc(C(=O)C(C)N(C)CCS(C)(=O)=O)cc1. The van der Waals surface area contributed by atoms with Gasteiger partial charge in [0.2, 0.25) is 0 Å². The van der Waals surface area contributed by atoms with Crippen LogP contribution in [0.25, 0.3) is 0 Å². The van der Waals surface area contributed by atoms with Crippen molar-refractivity contribution in [2.24, 2.45) is 0 Å². The standard InChI is InChI=1S/C15H23NO3S/c1-5-13-6-8-14(9-7-13)15(17)12(2)16(3)10-11-20(4,18)19/h6-9,12H,5,10-11H2,1-4H3. The molecule has 0 fully saturated rings. The van der Waals surface area contributed by atoms with Crippen LogP contribution in [0.4, 0.5) is 0 Å². The van der Waals surface area contributed by atoms with Crippen LogP contribution in [0.3, 0.4) is 0 Å². The van der Waals surface area contributed by atoms with E-state index in [0.717, 1.165) is 6.42 Å². The van der Waals surface area contributed by atoms with E-state index in [9.17, 15) is 13.2 Å². The third-order valence-electron chi connectivity index (χ3n) is 3.50. The van der Waals surface area contributed by atoms with E-state index in [1.807, 2.05) is 24.3 Å². The average molecular weight is 297 g/mol. The van der Waals surface area contributed by atoms with Crippen molar-refractivity contribution in [2.75, 3.05) is 25.6 Å². The Morgan fingerprint density at radius 2 is 1.80 bits per heavy atom. The third kappa shape index (κ3) is 5.06. The summed E-state index contributed by atoms with van der Waals surface area (Å²) >= 11 is 0. The maximum absolute atomic E-state index is 12.3. The predicted octanol–water partition coefficient (Wildman–Crippen LogP) is 1.80. The molecule has 20 heavy (non-hydrogen) atoms. The molecule has 5 heteroatoms. The molecule has 1 aromatic rings. The summed E-state index contributed by atoms with van der Waals surface area (Å²) in [6, 6.07) is 7.25. The van der Waals surface area contributed by atoms with Gasteiger partial charge in [0.25, 0.3) is 0 Å². The summed E-state index contributed by atoms with van der Waals surface area (Å²) in [5, 5.41) is 0. The molecular weight excluding hydrogens is 274 g/mol. The third-order valence-corrected chi connectivity index (χ3v) is 4.43. The molecule has 4 nitrogen and oxygen atoms in total. The second-order valence-electron chi connectivity index (χ2n) is 5.20. The van der Waals surface area contributed by atoms with Crippen molar-refractivity contribution in [2.45, 2.75) is 26.3 Å². The summed E-state index contributed by atoms with van der Waals surface area (Å²) in [6.07, 6.45) is 2.15. The minimum absolute atomic E-state index is 0.0173. The van der Waals surface area contributed by atoms with Gasteiger partial charge < -0.3 is 0 Å². The average Bonchev–Trinajstić information content (AvgIpc) is 2.42. The minimum atomic E-state index is -3.01. The molecule has 1 unspecified atom stereocenters. The molecule has 1 aromatic carbocycles. The smallest absolute Gasteiger partial charge is 0.179 e. The Hall–Kier alpha value is -1.20. The van der Waals surface area contributed by atoms with Crippen LogP contribution in [-0.4, -0.2) is 50.7 Å². The molecule has 0 bridgehead atoms. The van der Waals surface area contributed by atoms with Gasteiger partial charge in [-0.2, -0.15) is 0 Å². The summed E-state index contributed by atoms with van der Waals surface area (Å²) in [6.45, 7) is 4.23. The molecule has 0 aromatic heterocycles. The number of Topliss-reactive ketones (excluding diaryl/α,β-unsaturated/α-hetero) is 1. The van der Waals surface area contributed by atoms with Crippen molar-refractivity contribution in [1.82, 2.24) is 4.90 Å². The van der Waals surface area contributed by atoms with Crippen molar-refractivity contribution >= 4 is 15.6 Å². The lowest BCUT2D eigenvalue weighted by molar-refractivity contribution is 0.0874. The van der Waals surface area contributed by atoms with Crippen molar-refractivity contribution in [1.29, 1.82) is 0 Å². The van der Waals surface area contributed by atoms with Gasteiger partial charge in [0.1, 0.15) is 9.84 Å². The summed E-state index contributed by atoms with van der Waals surface area (Å²) in [4.78, 5) is 14.1. The van der Waals surface area contributed by atoms with Gasteiger partial charge in [-0.3, -0.25) is 9.69 Å². The highest BCUT2D eigenvalue weighted by atomic mass is 32.2. The fourth-order valence-electron chi connectivity index (χ4n) is 1.85. The number of carbonyl (C=O) groups excluding carboxylic acids is 1. The van der Waals surface area contributed by atoms with Crippen LogP contribution < -0.4 is 0 Å². The van der Waals surface area contributed by atoms with E-state index < -0.39 is 9.84 Å². The first-order valence-electron chi connectivity index (χ1n) is 6.75. The van der Waals surface area contributed by atoms with Crippen LogP contribution in [0.2, 0.25) is 0 Å². The number of ketones is 1. The molecule has 0 aliphatic carbocycles. The quantitative estimate of drug-likeness (QED) is 0.720. The number of likely N-dealkylation sites (N-methyl/N-ethyl adjacent to an activating group) is 1. The number of benzene rings is 1. The monoisotopic (exact) mass is 297 g/mol. The van der Waals surface area contributed by atoms with E-state index in [2.05, 4.69) is 6.92 Å². The summed E-state index contributed by atoms with van der Waals surface area (Å²) in [7, 11) is -1.23. The first kappa shape index (κ1) is 16.9. The first-order chi connectivity index (χ1) is 9.24. The number of carbonyl (C=O) groups is 1. The molecule has 1 rings (SSSR count). The van der Waals surface area contributed by atoms with Crippen LogP contribution in [-0.2, 0) is 16.3 Å². The van der Waals surface area contributed by atoms with Gasteiger partial charge in [0.05, 0.1) is 11.8 Å². The maximum Gasteiger partial charge on any atom is 0.179 e. The lowest BCUT2D eigenvalue weighted by atomic mass is 10.0. The fraction of sp³-hybridized carbons (Fsp3) is 0.533. The van der Waals surface area contributed by atoms with Gasteiger partial charge in [-0.15, -0.1) is 0 Å². The van der Waals surface area contributed by atoms with Crippen LogP contribution in [0.1, 0.15) is 29.8 Å². The molecule has 0 spiro atoms. The van der Waals surface area contributed by atoms with E-state index in [-0.39, 0.29) is 17.6 Å². The van der Waals surface area contributed by atoms with Crippen LogP contribution in [0, 0.1) is 0 Å². The molecular formula is C15H23NO3S. The lowest BCUT2D eigenvalue weighted by Gasteiger charge is -2.23. The molecule has 0 saturated heterocycles. The number of nitrogens with zero attached hydrogens (tertiary/aromatic N) is 1. The van der Waals surface area contributed by atoms with E-state index in [0.29, 0.717) is 12.1 Å². The molecule has 0 N–H and O–H groups in total. The van der Waals surface area contributed by atoms with Crippen LogP contribution in [0.5, 0.6) is 0 Å². The summed E-state index contributed by atoms with van der Waals surface area (Å²) in [5.41, 5.74) is 1.86. The minimum Gasteiger partial charge on any atom is -0.296 e. The largest absolute Gasteiger partial charge is 0.296 e. The Bertz CT molecular complexity index is 549. The molecule has 1 atom stereocenters. The zero-order valence-electron chi connectivity index (χ0n) is 12.6. The first-order valence-corrected chi connectivity index (χ1v) is 8.81. The van der Waals surface area contributed by atoms with E-state index >= 15 is 0 Å². The zero-order chi connectivity index (χ0) is 15.3. The molecule has 0 heterocycles. The van der Waals surface area contributed by atoms with Gasteiger partial charge in [0, 0.05) is 18.4 Å². The van der Waals surface area contributed by atoms with Gasteiger partial charge in [-0.05, 0) is 26.0 Å². The number of rotatable bonds is 7. The van der Waals surface area contributed by atoms with Crippen molar-refractivity contribution < 1.29 is 13.2 Å². The molecule has 0 amide bonds. The van der Waals surface area contributed by atoms with E-state index in [4.69, 9.17) is 0 Å². The van der Waals surface area contributed by atoms with Crippen molar-refractivity contribution in [3.05, 3.63) is 35.4 Å². The van der Waals surface area contributed by atoms with Gasteiger partial charge in [-0.25, -0.2) is 8.42 Å². The Balaban J connectivity index is 2.69. The Morgan fingerprint density at radius 3 is 2.25 bits per heavy atom. The number of hydrogen-bond donors (Lipinski definition) is 0. The van der Waals surface area contributed by atoms with Gasteiger partial charge in [-0.1, -0.05) is 31.2 Å². The zero-order valence-corrected chi connectivity index (χ0v) is 13.4. The Labute approximate surface area is 121 Å². The number of sulfone groups is 1. The second-order valence-corrected chi connectivity index (χ2v) is 7.46. The van der Waals surface area contributed by atoms with Gasteiger partial charge in [0.15, 0.2) is 5.78 Å². The highest BCUT2D eigenvalue weighted by molar-refractivity contribution is 7.90. The molecule has 0 radical (unpaired) electrons. The van der Waals surface area contributed by atoms with E-state index in [1.165, 1.54) is 11.8 Å². The Morgan fingerprint density at radius 1 is 1.25 bits per heavy atom. The van der Waals surface area contributed by atoms with Crippen molar-refractivity contribution in [3.63, 3.8) is 0 Å². The van der Waals surface area contributed by atoms with Crippen LogP contribution in [0.15, 0.2) is 24.3 Å². The highest BCUT2D eigenvalue weighted by Crippen LogP contribution is 2.10. The van der Waals surface area contributed by atoms with E-state index in [1.54, 1.807) is 18.9 Å². The molecule has 112 valence electrons. The van der Waals surface area contributed by atoms with Crippen LogP contribution >= 0.6 is 0 Å². The summed E-state index contributed by atoms with van der Waals surface area (Å²) in [5.74, 6) is 0.0826. The lowest BCUT2D eigenvalue weighted by Crippen LogP contribution is -2.38. The van der Waals surface area contributed by atoms with Crippen molar-refractivity contribution in [3.8, 4) is 0 Å². The summed E-state index contributed by atoms with van der Waals surface area (Å²) < 4.78 is 22.3. The number of hydrogen-bond acceptors (Lipinski definition) is 4.